The van der Waals surface area contributed by atoms with Crippen LogP contribution in [0.1, 0.15) is 50.0 Å². The summed E-state index contributed by atoms with van der Waals surface area (Å²) in [5.41, 5.74) is 3.64. The number of ether oxygens (including phenoxy) is 1. The van der Waals surface area contributed by atoms with Gasteiger partial charge >= 0.3 is 0 Å². The van der Waals surface area contributed by atoms with Gasteiger partial charge in [0.2, 0.25) is 0 Å². The Kier molecular flexibility index (Phi) is 3.04. The van der Waals surface area contributed by atoms with Crippen LogP contribution in [-0.2, 0) is 18.0 Å². The highest BCUT2D eigenvalue weighted by molar-refractivity contribution is 5.34. The molecule has 1 aromatic carbocycles. The average Bonchev–Trinajstić information content (AvgIpc) is 2.61. The lowest BCUT2D eigenvalue weighted by Crippen LogP contribution is -2.11. The van der Waals surface area contributed by atoms with Crippen molar-refractivity contribution in [1.29, 1.82) is 0 Å². The van der Waals surface area contributed by atoms with Crippen LogP contribution in [0, 0.1) is 5.41 Å². The second-order valence-electron chi connectivity index (χ2n) is 5.80. The molecule has 0 aliphatic carbocycles. The molecule has 0 aromatic heterocycles. The molecule has 88 valence electrons. The van der Waals surface area contributed by atoms with Crippen LogP contribution in [-0.4, -0.2) is 5.11 Å². The second kappa shape index (κ2) is 4.19. The quantitative estimate of drug-likeness (QED) is 0.829. The summed E-state index contributed by atoms with van der Waals surface area (Å²) < 4.78 is 5.37. The standard InChI is InChI=1S/C14H20O2/c1-14(2,3)7-13(15)10-4-5-11-8-16-9-12(11)6-10/h4-6,13,15H,7-9H2,1-3H3. The molecule has 2 nitrogen and oxygen atoms in total. The molecule has 1 atom stereocenters. The lowest BCUT2D eigenvalue weighted by atomic mass is 9.86. The maximum Gasteiger partial charge on any atom is 0.0795 e. The second-order valence-corrected chi connectivity index (χ2v) is 5.80. The van der Waals surface area contributed by atoms with Crippen LogP contribution in [0.3, 0.4) is 0 Å². The number of aliphatic hydroxyl groups is 1. The highest BCUT2D eigenvalue weighted by Gasteiger charge is 2.20. The summed E-state index contributed by atoms with van der Waals surface area (Å²) >= 11 is 0. The highest BCUT2D eigenvalue weighted by atomic mass is 16.5. The molecule has 0 fully saturated rings. The van der Waals surface area contributed by atoms with Crippen LogP contribution in [0.5, 0.6) is 0 Å². The third-order valence-corrected chi connectivity index (χ3v) is 2.94. The first kappa shape index (κ1) is 11.6. The van der Waals surface area contributed by atoms with E-state index >= 15 is 0 Å². The third kappa shape index (κ3) is 2.63. The Labute approximate surface area is 97.3 Å². The van der Waals surface area contributed by atoms with Crippen LogP contribution < -0.4 is 0 Å². The van der Waals surface area contributed by atoms with Crippen molar-refractivity contribution < 1.29 is 9.84 Å². The molecule has 0 saturated heterocycles. The Morgan fingerprint density at radius 1 is 1.25 bits per heavy atom. The zero-order valence-corrected chi connectivity index (χ0v) is 10.3. The molecular weight excluding hydrogens is 200 g/mol. The fraction of sp³-hybridized carbons (Fsp3) is 0.571. The summed E-state index contributed by atoms with van der Waals surface area (Å²) in [6.45, 7) is 7.84. The Hall–Kier alpha value is -0.860. The molecule has 16 heavy (non-hydrogen) atoms. The Morgan fingerprint density at radius 3 is 2.62 bits per heavy atom. The minimum Gasteiger partial charge on any atom is -0.388 e. The maximum absolute atomic E-state index is 10.1. The van der Waals surface area contributed by atoms with Crippen LogP contribution >= 0.6 is 0 Å². The van der Waals surface area contributed by atoms with Crippen molar-refractivity contribution in [2.75, 3.05) is 0 Å². The fourth-order valence-electron chi connectivity index (χ4n) is 2.10. The molecule has 0 saturated carbocycles. The first-order chi connectivity index (χ1) is 7.46. The summed E-state index contributed by atoms with van der Waals surface area (Å²) in [5, 5.41) is 10.1. The Balaban J connectivity index is 2.15. The van der Waals surface area contributed by atoms with Crippen molar-refractivity contribution in [3.63, 3.8) is 0 Å². The van der Waals surface area contributed by atoms with Gasteiger partial charge in [-0.3, -0.25) is 0 Å². The molecule has 0 spiro atoms. The van der Waals surface area contributed by atoms with Crippen molar-refractivity contribution in [2.24, 2.45) is 5.41 Å². The van der Waals surface area contributed by atoms with Crippen molar-refractivity contribution in [1.82, 2.24) is 0 Å². The van der Waals surface area contributed by atoms with Gasteiger partial charge in [-0.2, -0.15) is 0 Å². The van der Waals surface area contributed by atoms with E-state index in [1.165, 1.54) is 11.1 Å². The smallest absolute Gasteiger partial charge is 0.0795 e. The summed E-state index contributed by atoms with van der Waals surface area (Å²) in [5.74, 6) is 0. The SMILES string of the molecule is CC(C)(C)CC(O)c1ccc2c(c1)COC2. The zero-order valence-electron chi connectivity index (χ0n) is 10.3. The van der Waals surface area contributed by atoms with E-state index in [1.807, 2.05) is 6.07 Å². The number of hydrogen-bond donors (Lipinski definition) is 1. The first-order valence-electron chi connectivity index (χ1n) is 5.83. The van der Waals surface area contributed by atoms with Gasteiger partial charge in [0.25, 0.3) is 0 Å². The number of fused-ring (bicyclic) bond motifs is 1. The van der Waals surface area contributed by atoms with Gasteiger partial charge in [-0.1, -0.05) is 39.0 Å². The van der Waals surface area contributed by atoms with Gasteiger partial charge in [-0.25, -0.2) is 0 Å². The van der Waals surface area contributed by atoms with Gasteiger partial charge in [0, 0.05) is 0 Å². The maximum atomic E-state index is 10.1. The molecule has 1 aromatic rings. The molecule has 1 unspecified atom stereocenters. The van der Waals surface area contributed by atoms with Crippen molar-refractivity contribution in [3.8, 4) is 0 Å². The molecular formula is C14H20O2. The third-order valence-electron chi connectivity index (χ3n) is 2.94. The minimum atomic E-state index is -0.370. The van der Waals surface area contributed by atoms with E-state index in [2.05, 4.69) is 32.9 Å². The van der Waals surface area contributed by atoms with Crippen molar-refractivity contribution in [3.05, 3.63) is 34.9 Å². The zero-order chi connectivity index (χ0) is 11.8. The van der Waals surface area contributed by atoms with Crippen LogP contribution in [0.25, 0.3) is 0 Å². The summed E-state index contributed by atoms with van der Waals surface area (Å²) in [7, 11) is 0. The van der Waals surface area contributed by atoms with Crippen LogP contribution in [0.2, 0.25) is 0 Å². The number of hydrogen-bond acceptors (Lipinski definition) is 2. The van der Waals surface area contributed by atoms with Gasteiger partial charge in [0.05, 0.1) is 19.3 Å². The number of rotatable bonds is 2. The summed E-state index contributed by atoms with van der Waals surface area (Å²) in [4.78, 5) is 0. The Bertz CT molecular complexity index is 377. The molecule has 2 heteroatoms. The van der Waals surface area contributed by atoms with E-state index < -0.39 is 0 Å². The molecule has 0 radical (unpaired) electrons. The molecule has 1 aliphatic heterocycles. The predicted molar refractivity (Wildman–Crippen MR) is 64.0 cm³/mol. The van der Waals surface area contributed by atoms with E-state index in [9.17, 15) is 5.11 Å². The molecule has 0 amide bonds. The van der Waals surface area contributed by atoms with Crippen LogP contribution in [0.4, 0.5) is 0 Å². The average molecular weight is 220 g/mol. The molecule has 1 heterocycles. The first-order valence-corrected chi connectivity index (χ1v) is 5.83. The van der Waals surface area contributed by atoms with Crippen molar-refractivity contribution >= 4 is 0 Å². The fourth-order valence-corrected chi connectivity index (χ4v) is 2.10. The molecule has 1 aliphatic rings. The van der Waals surface area contributed by atoms with Gasteiger partial charge < -0.3 is 9.84 Å². The van der Waals surface area contributed by atoms with E-state index in [1.54, 1.807) is 0 Å². The number of benzene rings is 1. The monoisotopic (exact) mass is 220 g/mol. The number of aliphatic hydroxyl groups excluding tert-OH is 1. The Morgan fingerprint density at radius 2 is 1.94 bits per heavy atom. The predicted octanol–water partition coefficient (Wildman–Crippen LogP) is 3.19. The van der Waals surface area contributed by atoms with E-state index in [0.29, 0.717) is 13.2 Å². The molecule has 0 bridgehead atoms. The van der Waals surface area contributed by atoms with E-state index in [0.717, 1.165) is 12.0 Å². The highest BCUT2D eigenvalue weighted by Crippen LogP contribution is 2.31. The van der Waals surface area contributed by atoms with Gasteiger partial charge in [-0.15, -0.1) is 0 Å². The van der Waals surface area contributed by atoms with Crippen molar-refractivity contribution in [2.45, 2.75) is 46.5 Å². The normalized spacial score (nSPS) is 17.2. The largest absolute Gasteiger partial charge is 0.388 e. The van der Waals surface area contributed by atoms with Gasteiger partial charge in [0.1, 0.15) is 0 Å². The lowest BCUT2D eigenvalue weighted by molar-refractivity contribution is 0.122. The topological polar surface area (TPSA) is 29.5 Å². The summed E-state index contributed by atoms with van der Waals surface area (Å²) in [6.07, 6.45) is 0.415. The lowest BCUT2D eigenvalue weighted by Gasteiger charge is -2.22. The van der Waals surface area contributed by atoms with Gasteiger partial charge in [0.15, 0.2) is 0 Å². The van der Waals surface area contributed by atoms with Crippen LogP contribution in [0.15, 0.2) is 18.2 Å². The van der Waals surface area contributed by atoms with E-state index in [-0.39, 0.29) is 11.5 Å². The van der Waals surface area contributed by atoms with Gasteiger partial charge in [-0.05, 0) is 28.5 Å². The minimum absolute atomic E-state index is 0.148. The molecule has 1 N–H and O–H groups in total. The van der Waals surface area contributed by atoms with E-state index in [4.69, 9.17) is 4.74 Å². The molecule has 2 rings (SSSR count). The summed E-state index contributed by atoms with van der Waals surface area (Å²) in [6, 6.07) is 6.17.